The smallest absolute Gasteiger partial charge is 0.255 e. The lowest BCUT2D eigenvalue weighted by Crippen LogP contribution is -2.23. The molecule has 128 valence electrons. The van der Waals surface area contributed by atoms with Crippen LogP contribution in [-0.2, 0) is 4.79 Å². The van der Waals surface area contributed by atoms with Gasteiger partial charge in [0.2, 0.25) is 5.91 Å². The van der Waals surface area contributed by atoms with Gasteiger partial charge in [0.05, 0.1) is 0 Å². The van der Waals surface area contributed by atoms with Crippen LogP contribution in [0.2, 0.25) is 0 Å². The van der Waals surface area contributed by atoms with Gasteiger partial charge in [-0.3, -0.25) is 14.4 Å². The third kappa shape index (κ3) is 3.68. The van der Waals surface area contributed by atoms with Crippen LogP contribution in [0.4, 0.5) is 11.4 Å². The summed E-state index contributed by atoms with van der Waals surface area (Å²) in [4.78, 5) is 37.3. The molecule has 6 heteroatoms. The van der Waals surface area contributed by atoms with Crippen LogP contribution in [0.1, 0.15) is 33.6 Å². The average Bonchev–Trinajstić information content (AvgIpc) is 3.07. The molecule has 1 heterocycles. The van der Waals surface area contributed by atoms with Gasteiger partial charge >= 0.3 is 0 Å². The molecule has 1 saturated heterocycles. The second-order valence-electron chi connectivity index (χ2n) is 5.81. The zero-order valence-electron chi connectivity index (χ0n) is 13.9. The zero-order chi connectivity index (χ0) is 17.8. The van der Waals surface area contributed by atoms with Crippen LogP contribution in [0.5, 0.6) is 0 Å². The van der Waals surface area contributed by atoms with Gasteiger partial charge in [-0.25, -0.2) is 0 Å². The van der Waals surface area contributed by atoms with E-state index in [0.717, 1.165) is 18.7 Å². The van der Waals surface area contributed by atoms with Crippen molar-refractivity contribution in [2.24, 2.45) is 0 Å². The van der Waals surface area contributed by atoms with Gasteiger partial charge in [-0.2, -0.15) is 0 Å². The Morgan fingerprint density at radius 3 is 2.08 bits per heavy atom. The highest BCUT2D eigenvalue weighted by Crippen LogP contribution is 2.22. The van der Waals surface area contributed by atoms with E-state index in [1.54, 1.807) is 60.5 Å². The van der Waals surface area contributed by atoms with E-state index in [0.29, 0.717) is 23.2 Å². The lowest BCUT2D eigenvalue weighted by Gasteiger charge is -2.15. The minimum absolute atomic E-state index is 0.119. The summed E-state index contributed by atoms with van der Waals surface area (Å²) in [6.45, 7) is 0.724. The predicted molar refractivity (Wildman–Crippen MR) is 95.8 cm³/mol. The van der Waals surface area contributed by atoms with E-state index >= 15 is 0 Å². The molecule has 0 atom stereocenters. The molecule has 0 bridgehead atoms. The fourth-order valence-corrected chi connectivity index (χ4v) is 2.77. The van der Waals surface area contributed by atoms with Crippen LogP contribution in [0, 0.1) is 0 Å². The van der Waals surface area contributed by atoms with Crippen molar-refractivity contribution in [3.8, 4) is 0 Å². The molecule has 0 spiro atoms. The molecule has 3 amide bonds. The molecule has 0 saturated carbocycles. The summed E-state index contributed by atoms with van der Waals surface area (Å²) in [5.74, 6) is -0.301. The van der Waals surface area contributed by atoms with Crippen molar-refractivity contribution in [3.05, 3.63) is 59.7 Å². The van der Waals surface area contributed by atoms with Crippen molar-refractivity contribution in [2.45, 2.75) is 12.8 Å². The number of nitrogens with zero attached hydrogens (tertiary/aromatic N) is 1. The maximum atomic E-state index is 12.3. The minimum Gasteiger partial charge on any atom is -0.355 e. The molecule has 6 nitrogen and oxygen atoms in total. The van der Waals surface area contributed by atoms with Gasteiger partial charge in [-0.05, 0) is 55.0 Å². The molecule has 0 radical (unpaired) electrons. The molecular weight excluding hydrogens is 318 g/mol. The van der Waals surface area contributed by atoms with Gasteiger partial charge in [0.1, 0.15) is 0 Å². The van der Waals surface area contributed by atoms with E-state index in [4.69, 9.17) is 0 Å². The molecular formula is C19H19N3O3. The standard InChI is InChI=1S/C19H19N3O3/c1-20-18(24)13-4-8-15(9-5-13)21-19(25)14-6-10-16(11-7-14)22-12-2-3-17(22)23/h4-11H,2-3,12H2,1H3,(H,20,24)(H,21,25). The number of hydrogen-bond donors (Lipinski definition) is 2. The number of anilines is 2. The van der Waals surface area contributed by atoms with E-state index in [9.17, 15) is 14.4 Å². The summed E-state index contributed by atoms with van der Waals surface area (Å²) in [6, 6.07) is 13.6. The third-order valence-corrected chi connectivity index (χ3v) is 4.15. The molecule has 25 heavy (non-hydrogen) atoms. The number of carbonyl (C=O) groups excluding carboxylic acids is 3. The van der Waals surface area contributed by atoms with Gasteiger partial charge in [0.15, 0.2) is 0 Å². The second kappa shape index (κ2) is 7.17. The van der Waals surface area contributed by atoms with E-state index < -0.39 is 0 Å². The first kappa shape index (κ1) is 16.7. The molecule has 2 aromatic rings. The number of rotatable bonds is 4. The van der Waals surface area contributed by atoms with Crippen molar-refractivity contribution in [1.82, 2.24) is 5.32 Å². The number of hydrogen-bond acceptors (Lipinski definition) is 3. The van der Waals surface area contributed by atoms with Gasteiger partial charge in [0.25, 0.3) is 11.8 Å². The fraction of sp³-hybridized carbons (Fsp3) is 0.211. The first-order valence-corrected chi connectivity index (χ1v) is 8.12. The molecule has 2 aromatic carbocycles. The molecule has 0 aliphatic carbocycles. The summed E-state index contributed by atoms with van der Waals surface area (Å²) < 4.78 is 0. The number of benzene rings is 2. The van der Waals surface area contributed by atoms with Crippen LogP contribution in [-0.4, -0.2) is 31.3 Å². The number of nitrogens with one attached hydrogen (secondary N) is 2. The van der Waals surface area contributed by atoms with Gasteiger partial charge in [-0.15, -0.1) is 0 Å². The fourth-order valence-electron chi connectivity index (χ4n) is 2.77. The molecule has 1 fully saturated rings. The minimum atomic E-state index is -0.244. The van der Waals surface area contributed by atoms with Gasteiger partial charge in [-0.1, -0.05) is 0 Å². The Balaban J connectivity index is 1.67. The van der Waals surface area contributed by atoms with Crippen LogP contribution >= 0.6 is 0 Å². The lowest BCUT2D eigenvalue weighted by atomic mass is 10.1. The highest BCUT2D eigenvalue weighted by atomic mass is 16.2. The normalized spacial score (nSPS) is 13.6. The number of carbonyl (C=O) groups is 3. The van der Waals surface area contributed by atoms with Gasteiger partial charge in [0, 0.05) is 42.5 Å². The Bertz CT molecular complexity index is 798. The quantitative estimate of drug-likeness (QED) is 0.899. The monoisotopic (exact) mass is 337 g/mol. The van der Waals surface area contributed by atoms with E-state index in [1.807, 2.05) is 0 Å². The Kier molecular flexibility index (Phi) is 4.79. The van der Waals surface area contributed by atoms with Crippen molar-refractivity contribution in [1.29, 1.82) is 0 Å². The summed E-state index contributed by atoms with van der Waals surface area (Å²) in [7, 11) is 1.57. The number of amides is 3. The Morgan fingerprint density at radius 1 is 0.920 bits per heavy atom. The van der Waals surface area contributed by atoms with E-state index in [1.165, 1.54) is 0 Å². The van der Waals surface area contributed by atoms with Crippen LogP contribution in [0.3, 0.4) is 0 Å². The predicted octanol–water partition coefficient (Wildman–Crippen LogP) is 2.43. The van der Waals surface area contributed by atoms with Crippen LogP contribution < -0.4 is 15.5 Å². The summed E-state index contributed by atoms with van der Waals surface area (Å²) in [5.41, 5.74) is 2.45. The average molecular weight is 337 g/mol. The molecule has 2 N–H and O–H groups in total. The Morgan fingerprint density at radius 2 is 1.52 bits per heavy atom. The summed E-state index contributed by atoms with van der Waals surface area (Å²) >= 11 is 0. The lowest BCUT2D eigenvalue weighted by molar-refractivity contribution is -0.117. The summed E-state index contributed by atoms with van der Waals surface area (Å²) in [5, 5.41) is 5.33. The molecule has 1 aliphatic heterocycles. The van der Waals surface area contributed by atoms with Gasteiger partial charge < -0.3 is 15.5 Å². The third-order valence-electron chi connectivity index (χ3n) is 4.15. The first-order valence-electron chi connectivity index (χ1n) is 8.12. The van der Waals surface area contributed by atoms with E-state index in [-0.39, 0.29) is 17.7 Å². The molecule has 0 unspecified atom stereocenters. The highest BCUT2D eigenvalue weighted by molar-refractivity contribution is 6.05. The Labute approximate surface area is 145 Å². The second-order valence-corrected chi connectivity index (χ2v) is 5.81. The first-order chi connectivity index (χ1) is 12.1. The Hall–Kier alpha value is -3.15. The molecule has 0 aromatic heterocycles. The van der Waals surface area contributed by atoms with Crippen LogP contribution in [0.25, 0.3) is 0 Å². The zero-order valence-corrected chi connectivity index (χ0v) is 13.9. The van der Waals surface area contributed by atoms with Crippen molar-refractivity contribution in [3.63, 3.8) is 0 Å². The summed E-state index contributed by atoms with van der Waals surface area (Å²) in [6.07, 6.45) is 1.45. The largest absolute Gasteiger partial charge is 0.355 e. The SMILES string of the molecule is CNC(=O)c1ccc(NC(=O)c2ccc(N3CCCC3=O)cc2)cc1. The van der Waals surface area contributed by atoms with Crippen molar-refractivity contribution < 1.29 is 14.4 Å². The van der Waals surface area contributed by atoms with Crippen LogP contribution in [0.15, 0.2) is 48.5 Å². The van der Waals surface area contributed by atoms with Crippen molar-refractivity contribution >= 4 is 29.1 Å². The van der Waals surface area contributed by atoms with E-state index in [2.05, 4.69) is 10.6 Å². The maximum Gasteiger partial charge on any atom is 0.255 e. The highest BCUT2D eigenvalue weighted by Gasteiger charge is 2.21. The molecule has 1 aliphatic rings. The van der Waals surface area contributed by atoms with Crippen molar-refractivity contribution in [2.75, 3.05) is 23.8 Å². The molecule has 3 rings (SSSR count). The topological polar surface area (TPSA) is 78.5 Å². The maximum absolute atomic E-state index is 12.3.